The molecule has 0 radical (unpaired) electrons. The van der Waals surface area contributed by atoms with E-state index in [1.54, 1.807) is 31.2 Å². The molecule has 1 aliphatic heterocycles. The van der Waals surface area contributed by atoms with Gasteiger partial charge in [-0.3, -0.25) is 9.59 Å². The largest absolute Gasteiger partial charge is 0.486 e. The molecule has 0 atom stereocenters. The molecule has 0 N–H and O–H groups in total. The summed E-state index contributed by atoms with van der Waals surface area (Å²) in [6.45, 7) is 3.36. The van der Waals surface area contributed by atoms with Crippen molar-refractivity contribution < 1.29 is 23.8 Å². The number of amides is 1. The molecule has 0 unspecified atom stereocenters. The number of rotatable bonds is 5. The number of hydrogen-bond donors (Lipinski definition) is 0. The van der Waals surface area contributed by atoms with Gasteiger partial charge in [0.1, 0.15) is 13.2 Å². The number of esters is 1. The first-order valence-electron chi connectivity index (χ1n) is 9.48. The predicted molar refractivity (Wildman–Crippen MR) is 113 cm³/mol. The molecule has 0 saturated heterocycles. The van der Waals surface area contributed by atoms with Crippen LogP contribution in [0, 0.1) is 0 Å². The van der Waals surface area contributed by atoms with Crippen LogP contribution in [-0.2, 0) is 16.1 Å². The number of carbonyl (C=O) groups excluding carboxylic acids is 2. The molecule has 0 saturated carbocycles. The minimum atomic E-state index is -0.389. The summed E-state index contributed by atoms with van der Waals surface area (Å²) in [6, 6.07) is 10.3. The third-order valence-corrected chi connectivity index (χ3v) is 5.77. The SMILES string of the molecule is CCOC(=O)CCn1c(=NC(=O)c2ccc(Cl)cc2)sc2cc3c(cc21)OCCO3. The second kappa shape index (κ2) is 8.89. The monoisotopic (exact) mass is 446 g/mol. The number of carbonyl (C=O) groups is 2. The average Bonchev–Trinajstić information content (AvgIpc) is 3.07. The van der Waals surface area contributed by atoms with Gasteiger partial charge in [-0.25, -0.2) is 0 Å². The first-order valence-corrected chi connectivity index (χ1v) is 10.7. The number of benzene rings is 2. The minimum Gasteiger partial charge on any atom is -0.486 e. The van der Waals surface area contributed by atoms with E-state index >= 15 is 0 Å². The van der Waals surface area contributed by atoms with Gasteiger partial charge in [-0.2, -0.15) is 4.99 Å². The maximum Gasteiger partial charge on any atom is 0.307 e. The van der Waals surface area contributed by atoms with Gasteiger partial charge >= 0.3 is 5.97 Å². The Bertz CT molecular complexity index is 1170. The first-order chi connectivity index (χ1) is 14.5. The molecule has 0 bridgehead atoms. The Labute approximate surface area is 181 Å². The van der Waals surface area contributed by atoms with Crippen molar-refractivity contribution in [2.45, 2.75) is 19.9 Å². The normalized spacial score (nSPS) is 13.5. The van der Waals surface area contributed by atoms with E-state index in [-0.39, 0.29) is 18.3 Å². The Kier molecular flexibility index (Phi) is 6.06. The number of halogens is 1. The molecular formula is C21H19ClN2O5S. The second-order valence-electron chi connectivity index (χ2n) is 6.48. The Balaban J connectivity index is 1.78. The Hall–Kier alpha value is -2.84. The molecular weight excluding hydrogens is 428 g/mol. The molecule has 1 aliphatic rings. The number of aromatic nitrogens is 1. The predicted octanol–water partition coefficient (Wildman–Crippen LogP) is 3.82. The van der Waals surface area contributed by atoms with Crippen LogP contribution in [0.1, 0.15) is 23.7 Å². The summed E-state index contributed by atoms with van der Waals surface area (Å²) in [5, 5.41) is 0.545. The first kappa shape index (κ1) is 20.4. The summed E-state index contributed by atoms with van der Waals surface area (Å²) in [4.78, 5) is 29.4. The third-order valence-electron chi connectivity index (χ3n) is 4.48. The molecule has 0 aliphatic carbocycles. The van der Waals surface area contributed by atoms with E-state index in [0.29, 0.717) is 53.3 Å². The summed E-state index contributed by atoms with van der Waals surface area (Å²) in [7, 11) is 0. The molecule has 4 rings (SSSR count). The summed E-state index contributed by atoms with van der Waals surface area (Å²) >= 11 is 7.25. The molecule has 1 aromatic heterocycles. The van der Waals surface area contributed by atoms with Crippen LogP contribution in [0.4, 0.5) is 0 Å². The van der Waals surface area contributed by atoms with Crippen LogP contribution < -0.4 is 14.3 Å². The molecule has 0 spiro atoms. The van der Waals surface area contributed by atoms with Gasteiger partial charge in [-0.15, -0.1) is 0 Å². The fraction of sp³-hybridized carbons (Fsp3) is 0.286. The average molecular weight is 447 g/mol. The lowest BCUT2D eigenvalue weighted by Crippen LogP contribution is -2.20. The van der Waals surface area contributed by atoms with Crippen molar-refractivity contribution in [2.24, 2.45) is 4.99 Å². The molecule has 30 heavy (non-hydrogen) atoms. The van der Waals surface area contributed by atoms with Crippen molar-refractivity contribution in [2.75, 3.05) is 19.8 Å². The van der Waals surface area contributed by atoms with Crippen LogP contribution >= 0.6 is 22.9 Å². The van der Waals surface area contributed by atoms with E-state index in [1.165, 1.54) is 11.3 Å². The highest BCUT2D eigenvalue weighted by Crippen LogP contribution is 2.35. The van der Waals surface area contributed by atoms with Crippen LogP contribution in [0.3, 0.4) is 0 Å². The van der Waals surface area contributed by atoms with Crippen molar-refractivity contribution in [3.63, 3.8) is 0 Å². The topological polar surface area (TPSA) is 79.1 Å². The van der Waals surface area contributed by atoms with E-state index in [4.69, 9.17) is 25.8 Å². The molecule has 7 nitrogen and oxygen atoms in total. The highest BCUT2D eigenvalue weighted by atomic mass is 35.5. The zero-order valence-corrected chi connectivity index (χ0v) is 17.8. The van der Waals surface area contributed by atoms with Crippen LogP contribution in [-0.4, -0.2) is 36.3 Å². The Morgan fingerprint density at radius 1 is 1.17 bits per heavy atom. The number of hydrogen-bond acceptors (Lipinski definition) is 6. The van der Waals surface area contributed by atoms with Crippen molar-refractivity contribution in [3.05, 3.63) is 51.8 Å². The summed E-state index contributed by atoms with van der Waals surface area (Å²) in [5.41, 5.74) is 1.25. The van der Waals surface area contributed by atoms with Crippen LogP contribution in [0.5, 0.6) is 11.5 Å². The van der Waals surface area contributed by atoms with E-state index in [1.807, 2.05) is 16.7 Å². The smallest absolute Gasteiger partial charge is 0.307 e. The number of fused-ring (bicyclic) bond motifs is 2. The summed E-state index contributed by atoms with van der Waals surface area (Å²) in [5.74, 6) is 0.590. The summed E-state index contributed by atoms with van der Waals surface area (Å²) in [6.07, 6.45) is 0.163. The van der Waals surface area contributed by atoms with Crippen molar-refractivity contribution in [1.82, 2.24) is 4.57 Å². The molecule has 2 heterocycles. The molecule has 1 amide bonds. The van der Waals surface area contributed by atoms with Crippen LogP contribution in [0.25, 0.3) is 10.2 Å². The number of ether oxygens (including phenoxy) is 3. The zero-order chi connectivity index (χ0) is 21.1. The van der Waals surface area contributed by atoms with Crippen molar-refractivity contribution >= 4 is 45.0 Å². The van der Waals surface area contributed by atoms with Crippen LogP contribution in [0.2, 0.25) is 5.02 Å². The summed E-state index contributed by atoms with van der Waals surface area (Å²) < 4.78 is 19.1. The van der Waals surface area contributed by atoms with Gasteiger partial charge < -0.3 is 18.8 Å². The van der Waals surface area contributed by atoms with Gasteiger partial charge in [0.2, 0.25) is 0 Å². The van der Waals surface area contributed by atoms with E-state index < -0.39 is 0 Å². The van der Waals surface area contributed by atoms with Crippen molar-refractivity contribution in [1.29, 1.82) is 0 Å². The highest BCUT2D eigenvalue weighted by molar-refractivity contribution is 7.16. The molecule has 2 aromatic carbocycles. The fourth-order valence-corrected chi connectivity index (χ4v) is 4.28. The minimum absolute atomic E-state index is 0.163. The second-order valence-corrected chi connectivity index (χ2v) is 7.92. The molecule has 156 valence electrons. The van der Waals surface area contributed by atoms with Gasteiger partial charge in [0.25, 0.3) is 5.91 Å². The Morgan fingerprint density at radius 2 is 1.87 bits per heavy atom. The number of aryl methyl sites for hydroxylation is 1. The van der Waals surface area contributed by atoms with Gasteiger partial charge in [0.05, 0.1) is 23.2 Å². The standard InChI is InChI=1S/C21H19ClN2O5S/c1-2-27-19(25)7-8-24-15-11-16-17(29-10-9-28-16)12-18(15)30-21(24)23-20(26)13-3-5-14(22)6-4-13/h3-6,11-12H,2,7-10H2,1H3. The molecule has 3 aromatic rings. The van der Waals surface area contributed by atoms with Gasteiger partial charge in [-0.05, 0) is 31.2 Å². The van der Waals surface area contributed by atoms with Crippen molar-refractivity contribution in [3.8, 4) is 11.5 Å². The molecule has 0 fully saturated rings. The maximum atomic E-state index is 12.7. The van der Waals surface area contributed by atoms with E-state index in [9.17, 15) is 9.59 Å². The lowest BCUT2D eigenvalue weighted by molar-refractivity contribution is -0.143. The van der Waals surface area contributed by atoms with Gasteiger partial charge in [0.15, 0.2) is 16.3 Å². The lowest BCUT2D eigenvalue weighted by atomic mass is 10.2. The maximum absolute atomic E-state index is 12.7. The van der Waals surface area contributed by atoms with Gasteiger partial charge in [0, 0.05) is 29.3 Å². The number of thiazole rings is 1. The zero-order valence-electron chi connectivity index (χ0n) is 16.2. The van der Waals surface area contributed by atoms with Crippen LogP contribution in [0.15, 0.2) is 41.4 Å². The fourth-order valence-electron chi connectivity index (χ4n) is 3.09. The van der Waals surface area contributed by atoms with Gasteiger partial charge in [-0.1, -0.05) is 22.9 Å². The lowest BCUT2D eigenvalue weighted by Gasteiger charge is -2.18. The molecule has 9 heteroatoms. The quantitative estimate of drug-likeness (QED) is 0.556. The van der Waals surface area contributed by atoms with E-state index in [0.717, 1.165) is 10.2 Å². The number of nitrogens with zero attached hydrogens (tertiary/aromatic N) is 2. The van der Waals surface area contributed by atoms with E-state index in [2.05, 4.69) is 4.99 Å². The Morgan fingerprint density at radius 3 is 2.57 bits per heavy atom. The highest BCUT2D eigenvalue weighted by Gasteiger charge is 2.18. The third kappa shape index (κ3) is 4.34.